The molecular formula is C16H23ClO3S. The van der Waals surface area contributed by atoms with Crippen LogP contribution in [-0.4, -0.2) is 20.8 Å². The van der Waals surface area contributed by atoms with Crippen LogP contribution >= 0.6 is 10.7 Å². The Balaban J connectivity index is 2.16. The summed E-state index contributed by atoms with van der Waals surface area (Å²) < 4.78 is 29.0. The molecule has 0 N–H and O–H groups in total. The fourth-order valence-corrected chi connectivity index (χ4v) is 5.00. The summed E-state index contributed by atoms with van der Waals surface area (Å²) >= 11 is 0. The predicted octanol–water partition coefficient (Wildman–Crippen LogP) is 4.12. The molecule has 21 heavy (non-hydrogen) atoms. The third-order valence-electron chi connectivity index (χ3n) is 4.44. The van der Waals surface area contributed by atoms with Crippen molar-refractivity contribution in [1.29, 1.82) is 0 Å². The molecule has 1 aliphatic carbocycles. The summed E-state index contributed by atoms with van der Waals surface area (Å²) in [5.41, 5.74) is 3.13. The highest BCUT2D eigenvalue weighted by Gasteiger charge is 2.38. The van der Waals surface area contributed by atoms with E-state index in [0.717, 1.165) is 42.6 Å². The largest absolute Gasteiger partial charge is 0.493 e. The number of ether oxygens (including phenoxy) is 1. The molecule has 118 valence electrons. The second-order valence-corrected chi connectivity index (χ2v) is 9.16. The van der Waals surface area contributed by atoms with E-state index in [0.29, 0.717) is 6.61 Å². The Morgan fingerprint density at radius 3 is 2.38 bits per heavy atom. The van der Waals surface area contributed by atoms with Gasteiger partial charge in [-0.25, -0.2) is 8.42 Å². The fourth-order valence-electron chi connectivity index (χ4n) is 3.20. The summed E-state index contributed by atoms with van der Waals surface area (Å²) in [6, 6.07) is 4.14. The van der Waals surface area contributed by atoms with Crippen molar-refractivity contribution in [3.8, 4) is 5.75 Å². The van der Waals surface area contributed by atoms with Crippen molar-refractivity contribution in [3.63, 3.8) is 0 Å². The molecule has 0 aromatic heterocycles. The van der Waals surface area contributed by atoms with Gasteiger partial charge in [0.1, 0.15) is 5.75 Å². The molecule has 1 saturated carbocycles. The minimum Gasteiger partial charge on any atom is -0.493 e. The highest BCUT2D eigenvalue weighted by molar-refractivity contribution is 8.13. The standard InChI is InChI=1S/C16H23ClO3S/c1-12-8-13(2)14(3)15(9-12)20-10-16(6-4-5-7-16)11-21(17,18)19/h8-9H,4-7,10-11H2,1-3H3. The average molecular weight is 331 g/mol. The zero-order chi connectivity index (χ0) is 15.7. The number of hydrogen-bond acceptors (Lipinski definition) is 3. The lowest BCUT2D eigenvalue weighted by Gasteiger charge is -2.28. The minimum atomic E-state index is -3.50. The van der Waals surface area contributed by atoms with E-state index in [-0.39, 0.29) is 11.2 Å². The van der Waals surface area contributed by atoms with Crippen LogP contribution in [-0.2, 0) is 9.05 Å². The van der Waals surface area contributed by atoms with E-state index in [9.17, 15) is 8.42 Å². The Hall–Kier alpha value is -0.740. The summed E-state index contributed by atoms with van der Waals surface area (Å²) in [7, 11) is 1.98. The second-order valence-electron chi connectivity index (χ2n) is 6.38. The molecule has 0 aliphatic heterocycles. The third-order valence-corrected chi connectivity index (χ3v) is 5.73. The zero-order valence-corrected chi connectivity index (χ0v) is 14.5. The molecule has 0 heterocycles. The number of benzene rings is 1. The van der Waals surface area contributed by atoms with Gasteiger partial charge >= 0.3 is 0 Å². The average Bonchev–Trinajstić information content (AvgIpc) is 2.78. The van der Waals surface area contributed by atoms with Gasteiger partial charge in [0.15, 0.2) is 0 Å². The molecule has 0 amide bonds. The third kappa shape index (κ3) is 4.36. The SMILES string of the molecule is Cc1cc(C)c(C)c(OCC2(CS(=O)(=O)Cl)CCCC2)c1. The quantitative estimate of drug-likeness (QED) is 0.763. The Labute approximate surface area is 132 Å². The molecule has 0 atom stereocenters. The van der Waals surface area contributed by atoms with Crippen molar-refractivity contribution in [3.05, 3.63) is 28.8 Å². The van der Waals surface area contributed by atoms with Crippen LogP contribution in [0.5, 0.6) is 5.75 Å². The molecule has 0 spiro atoms. The van der Waals surface area contributed by atoms with E-state index in [1.54, 1.807) is 0 Å². The minimum absolute atomic E-state index is 0.00536. The van der Waals surface area contributed by atoms with E-state index in [2.05, 4.69) is 13.0 Å². The molecule has 1 aromatic rings. The Morgan fingerprint density at radius 2 is 1.81 bits per heavy atom. The maximum Gasteiger partial charge on any atom is 0.233 e. The van der Waals surface area contributed by atoms with Crippen molar-refractivity contribution >= 4 is 19.7 Å². The maximum atomic E-state index is 11.5. The van der Waals surface area contributed by atoms with Crippen LogP contribution < -0.4 is 4.74 Å². The predicted molar refractivity (Wildman–Crippen MR) is 86.7 cm³/mol. The van der Waals surface area contributed by atoms with Gasteiger partial charge in [-0.15, -0.1) is 0 Å². The van der Waals surface area contributed by atoms with Gasteiger partial charge in [0.25, 0.3) is 0 Å². The summed E-state index contributed by atoms with van der Waals surface area (Å²) in [5, 5.41) is 0. The van der Waals surface area contributed by atoms with Gasteiger partial charge in [-0.05, 0) is 56.4 Å². The molecule has 1 aliphatic rings. The highest BCUT2D eigenvalue weighted by Crippen LogP contribution is 2.40. The normalized spacial score (nSPS) is 17.9. The summed E-state index contributed by atoms with van der Waals surface area (Å²) in [4.78, 5) is 0. The first-order valence-corrected chi connectivity index (χ1v) is 9.82. The van der Waals surface area contributed by atoms with Gasteiger partial charge in [-0.1, -0.05) is 18.9 Å². The van der Waals surface area contributed by atoms with Crippen LogP contribution in [0.4, 0.5) is 0 Å². The van der Waals surface area contributed by atoms with Gasteiger partial charge < -0.3 is 4.74 Å². The van der Waals surface area contributed by atoms with Crippen molar-refractivity contribution in [2.45, 2.75) is 46.5 Å². The van der Waals surface area contributed by atoms with Gasteiger partial charge in [0.2, 0.25) is 9.05 Å². The molecule has 3 nitrogen and oxygen atoms in total. The highest BCUT2D eigenvalue weighted by atomic mass is 35.7. The number of rotatable bonds is 5. The van der Waals surface area contributed by atoms with E-state index in [4.69, 9.17) is 15.4 Å². The molecule has 0 radical (unpaired) electrons. The molecule has 0 bridgehead atoms. The van der Waals surface area contributed by atoms with Crippen LogP contribution in [0.2, 0.25) is 0 Å². The fraction of sp³-hybridized carbons (Fsp3) is 0.625. The van der Waals surface area contributed by atoms with Gasteiger partial charge in [0.05, 0.1) is 12.4 Å². The monoisotopic (exact) mass is 330 g/mol. The van der Waals surface area contributed by atoms with Crippen molar-refractivity contribution in [1.82, 2.24) is 0 Å². The summed E-state index contributed by atoms with van der Waals surface area (Å²) in [5.74, 6) is 0.858. The lowest BCUT2D eigenvalue weighted by Crippen LogP contribution is -2.32. The van der Waals surface area contributed by atoms with E-state index >= 15 is 0 Å². The van der Waals surface area contributed by atoms with Crippen LogP contribution in [0.1, 0.15) is 42.4 Å². The maximum absolute atomic E-state index is 11.5. The summed E-state index contributed by atoms with van der Waals surface area (Å²) in [6.45, 7) is 6.55. The smallest absolute Gasteiger partial charge is 0.233 e. The molecule has 5 heteroatoms. The molecule has 1 fully saturated rings. The van der Waals surface area contributed by atoms with Crippen molar-refractivity contribution < 1.29 is 13.2 Å². The lowest BCUT2D eigenvalue weighted by molar-refractivity contribution is 0.170. The van der Waals surface area contributed by atoms with Crippen molar-refractivity contribution in [2.24, 2.45) is 5.41 Å². The molecule has 0 saturated heterocycles. The van der Waals surface area contributed by atoms with Crippen LogP contribution in [0.15, 0.2) is 12.1 Å². The van der Waals surface area contributed by atoms with Gasteiger partial charge in [-0.3, -0.25) is 0 Å². The first-order chi connectivity index (χ1) is 9.71. The number of halogens is 1. The zero-order valence-electron chi connectivity index (χ0n) is 12.9. The Kier molecular flexibility index (Phi) is 4.89. The van der Waals surface area contributed by atoms with Gasteiger partial charge in [0, 0.05) is 16.1 Å². The van der Waals surface area contributed by atoms with Crippen LogP contribution in [0.3, 0.4) is 0 Å². The number of aryl methyl sites for hydroxylation is 2. The topological polar surface area (TPSA) is 43.4 Å². The summed E-state index contributed by atoms with van der Waals surface area (Å²) in [6.07, 6.45) is 3.81. The molecule has 0 unspecified atom stereocenters. The van der Waals surface area contributed by atoms with Crippen LogP contribution in [0, 0.1) is 26.2 Å². The van der Waals surface area contributed by atoms with E-state index in [1.165, 1.54) is 5.56 Å². The molecular weight excluding hydrogens is 308 g/mol. The lowest BCUT2D eigenvalue weighted by atomic mass is 9.90. The van der Waals surface area contributed by atoms with Crippen LogP contribution in [0.25, 0.3) is 0 Å². The number of hydrogen-bond donors (Lipinski definition) is 0. The van der Waals surface area contributed by atoms with Gasteiger partial charge in [-0.2, -0.15) is 0 Å². The first kappa shape index (κ1) is 16.6. The Bertz CT molecular complexity index is 617. The van der Waals surface area contributed by atoms with Crippen molar-refractivity contribution in [2.75, 3.05) is 12.4 Å². The Morgan fingerprint density at radius 1 is 1.19 bits per heavy atom. The van der Waals surface area contributed by atoms with E-state index in [1.807, 2.05) is 19.9 Å². The molecule has 2 rings (SSSR count). The first-order valence-electron chi connectivity index (χ1n) is 7.34. The van der Waals surface area contributed by atoms with E-state index < -0.39 is 9.05 Å². The molecule has 1 aromatic carbocycles. The second kappa shape index (κ2) is 6.17.